The molecule has 0 saturated heterocycles. The minimum Gasteiger partial charge on any atom is -0.493 e. The lowest BCUT2D eigenvalue weighted by molar-refractivity contribution is -0.143. The molecular formula is C18H29N3O5. The first-order valence-electron chi connectivity index (χ1n) is 8.48. The van der Waals surface area contributed by atoms with Gasteiger partial charge in [0.25, 0.3) is 0 Å². The highest BCUT2D eigenvalue weighted by atomic mass is 16.5. The average Bonchev–Trinajstić information content (AvgIpc) is 2.66. The van der Waals surface area contributed by atoms with Crippen LogP contribution in [0.2, 0.25) is 0 Å². The predicted molar refractivity (Wildman–Crippen MR) is 100 cm³/mol. The molecule has 26 heavy (non-hydrogen) atoms. The number of carbonyl (C=O) groups is 1. The maximum atomic E-state index is 11.3. The zero-order valence-corrected chi connectivity index (χ0v) is 16.2. The first-order chi connectivity index (χ1) is 12.6. The largest absolute Gasteiger partial charge is 0.493 e. The van der Waals surface area contributed by atoms with Crippen molar-refractivity contribution in [3.63, 3.8) is 0 Å². The van der Waals surface area contributed by atoms with Gasteiger partial charge in [-0.2, -0.15) is 0 Å². The fourth-order valence-electron chi connectivity index (χ4n) is 2.32. The summed E-state index contributed by atoms with van der Waals surface area (Å²) in [6.45, 7) is 3.34. The smallest absolute Gasteiger partial charge is 0.305 e. The number of ether oxygens (including phenoxy) is 4. The van der Waals surface area contributed by atoms with Crippen LogP contribution in [0.25, 0.3) is 0 Å². The van der Waals surface area contributed by atoms with Crippen LogP contribution in [0.15, 0.2) is 17.1 Å². The van der Waals surface area contributed by atoms with Gasteiger partial charge >= 0.3 is 5.97 Å². The van der Waals surface area contributed by atoms with Crippen molar-refractivity contribution in [1.82, 2.24) is 10.6 Å². The van der Waals surface area contributed by atoms with Crippen LogP contribution < -0.4 is 24.8 Å². The van der Waals surface area contributed by atoms with Gasteiger partial charge in [0.2, 0.25) is 5.75 Å². The zero-order chi connectivity index (χ0) is 19.4. The average molecular weight is 367 g/mol. The van der Waals surface area contributed by atoms with Crippen molar-refractivity contribution in [2.45, 2.75) is 26.3 Å². The molecular weight excluding hydrogens is 338 g/mol. The monoisotopic (exact) mass is 367 g/mol. The molecule has 1 rings (SSSR count). The normalized spacial score (nSPS) is 10.9. The van der Waals surface area contributed by atoms with Crippen LogP contribution >= 0.6 is 0 Å². The number of nitrogens with zero attached hydrogens (tertiary/aromatic N) is 1. The molecule has 146 valence electrons. The van der Waals surface area contributed by atoms with Crippen molar-refractivity contribution in [3.05, 3.63) is 17.7 Å². The molecule has 8 heteroatoms. The van der Waals surface area contributed by atoms with E-state index >= 15 is 0 Å². The third-order valence-corrected chi connectivity index (χ3v) is 3.56. The fourth-order valence-corrected chi connectivity index (χ4v) is 2.32. The lowest BCUT2D eigenvalue weighted by Crippen LogP contribution is -2.37. The molecule has 0 aliphatic heterocycles. The van der Waals surface area contributed by atoms with Gasteiger partial charge in [-0.15, -0.1) is 0 Å². The highest BCUT2D eigenvalue weighted by molar-refractivity contribution is 5.79. The summed E-state index contributed by atoms with van der Waals surface area (Å²) >= 11 is 0. The molecule has 0 atom stereocenters. The minimum absolute atomic E-state index is 0.185. The van der Waals surface area contributed by atoms with Crippen LogP contribution in [0.3, 0.4) is 0 Å². The van der Waals surface area contributed by atoms with Crippen molar-refractivity contribution in [2.75, 3.05) is 41.5 Å². The fraction of sp³-hybridized carbons (Fsp3) is 0.556. The number of benzene rings is 1. The van der Waals surface area contributed by atoms with E-state index in [2.05, 4.69) is 15.6 Å². The highest BCUT2D eigenvalue weighted by Gasteiger charge is 2.13. The van der Waals surface area contributed by atoms with Crippen LogP contribution in [0, 0.1) is 0 Å². The van der Waals surface area contributed by atoms with Gasteiger partial charge in [-0.1, -0.05) is 0 Å². The predicted octanol–water partition coefficient (Wildman–Crippen LogP) is 1.72. The maximum Gasteiger partial charge on any atom is 0.305 e. The summed E-state index contributed by atoms with van der Waals surface area (Å²) in [7, 11) is 6.42. The molecule has 0 amide bonds. The summed E-state index contributed by atoms with van der Waals surface area (Å²) in [4.78, 5) is 15.5. The Bertz CT molecular complexity index is 579. The molecule has 2 N–H and O–H groups in total. The van der Waals surface area contributed by atoms with Gasteiger partial charge in [0.1, 0.15) is 0 Å². The number of hydrogen-bond donors (Lipinski definition) is 2. The second kappa shape index (κ2) is 11.8. The Labute approximate surface area is 154 Å². The number of methoxy groups -OCH3 is 3. The summed E-state index contributed by atoms with van der Waals surface area (Å²) in [5.41, 5.74) is 0.953. The van der Waals surface area contributed by atoms with Gasteiger partial charge < -0.3 is 29.6 Å². The standard InChI is InChI=1S/C18H29N3O5/c1-6-26-16(22)8-7-9-20-18(19-2)21-12-13-10-14(23-3)17(25-5)15(11-13)24-4/h10-11H,6-9,12H2,1-5H3,(H2,19,20,21). The van der Waals surface area contributed by atoms with E-state index in [4.69, 9.17) is 18.9 Å². The number of esters is 1. The summed E-state index contributed by atoms with van der Waals surface area (Å²) in [6, 6.07) is 3.75. The molecule has 0 heterocycles. The molecule has 1 aromatic carbocycles. The molecule has 8 nitrogen and oxygen atoms in total. The SMILES string of the molecule is CCOC(=O)CCCNC(=NC)NCc1cc(OC)c(OC)c(OC)c1. The van der Waals surface area contributed by atoms with Crippen molar-refractivity contribution < 1.29 is 23.7 Å². The van der Waals surface area contributed by atoms with Crippen molar-refractivity contribution in [2.24, 2.45) is 4.99 Å². The molecule has 0 aliphatic carbocycles. The van der Waals surface area contributed by atoms with E-state index in [9.17, 15) is 4.79 Å². The van der Waals surface area contributed by atoms with E-state index in [0.29, 0.717) is 55.7 Å². The summed E-state index contributed by atoms with van der Waals surface area (Å²) in [5, 5.41) is 6.37. The maximum absolute atomic E-state index is 11.3. The first kappa shape index (κ1) is 21.4. The molecule has 0 fully saturated rings. The third kappa shape index (κ3) is 6.70. The van der Waals surface area contributed by atoms with Crippen LogP contribution in [-0.2, 0) is 16.1 Å². The number of aliphatic imine (C=N–C) groups is 1. The second-order valence-electron chi connectivity index (χ2n) is 5.29. The Balaban J connectivity index is 2.57. The molecule has 0 spiro atoms. The van der Waals surface area contributed by atoms with Crippen LogP contribution in [0.5, 0.6) is 17.2 Å². The number of rotatable bonds is 10. The lowest BCUT2D eigenvalue weighted by Gasteiger charge is -2.16. The highest BCUT2D eigenvalue weighted by Crippen LogP contribution is 2.38. The molecule has 0 saturated carbocycles. The van der Waals surface area contributed by atoms with E-state index in [0.717, 1.165) is 5.56 Å². The summed E-state index contributed by atoms with van der Waals surface area (Å²) in [5.74, 6) is 2.21. The number of nitrogens with one attached hydrogen (secondary N) is 2. The quantitative estimate of drug-likeness (QED) is 0.282. The van der Waals surface area contributed by atoms with E-state index in [1.165, 1.54) is 0 Å². The zero-order valence-electron chi connectivity index (χ0n) is 16.2. The Morgan fingerprint density at radius 1 is 1.08 bits per heavy atom. The Hall–Kier alpha value is -2.64. The van der Waals surface area contributed by atoms with Crippen LogP contribution in [0.4, 0.5) is 0 Å². The lowest BCUT2D eigenvalue weighted by atomic mass is 10.2. The molecule has 0 aromatic heterocycles. The van der Waals surface area contributed by atoms with Crippen molar-refractivity contribution in [3.8, 4) is 17.2 Å². The van der Waals surface area contributed by atoms with Gasteiger partial charge in [0.15, 0.2) is 17.5 Å². The Kier molecular flexibility index (Phi) is 9.74. The molecule has 0 radical (unpaired) electrons. The summed E-state index contributed by atoms with van der Waals surface area (Å²) in [6.07, 6.45) is 1.05. The first-order valence-corrected chi connectivity index (χ1v) is 8.48. The second-order valence-corrected chi connectivity index (χ2v) is 5.29. The van der Waals surface area contributed by atoms with Gasteiger partial charge in [0, 0.05) is 26.6 Å². The van der Waals surface area contributed by atoms with Crippen LogP contribution in [0.1, 0.15) is 25.3 Å². The Morgan fingerprint density at radius 2 is 1.73 bits per heavy atom. The van der Waals surface area contributed by atoms with Crippen molar-refractivity contribution >= 4 is 11.9 Å². The van der Waals surface area contributed by atoms with Gasteiger partial charge in [-0.3, -0.25) is 9.79 Å². The van der Waals surface area contributed by atoms with Gasteiger partial charge in [0.05, 0.1) is 27.9 Å². The number of hydrogen-bond acceptors (Lipinski definition) is 6. The molecule has 0 aliphatic rings. The number of carbonyl (C=O) groups excluding carboxylic acids is 1. The van der Waals surface area contributed by atoms with E-state index < -0.39 is 0 Å². The number of guanidine groups is 1. The van der Waals surface area contributed by atoms with E-state index in [1.54, 1.807) is 35.3 Å². The van der Waals surface area contributed by atoms with E-state index in [-0.39, 0.29) is 5.97 Å². The van der Waals surface area contributed by atoms with Gasteiger partial charge in [-0.05, 0) is 31.0 Å². The minimum atomic E-state index is -0.185. The molecule has 0 bridgehead atoms. The molecule has 1 aromatic rings. The summed E-state index contributed by atoms with van der Waals surface area (Å²) < 4.78 is 20.9. The van der Waals surface area contributed by atoms with Crippen LogP contribution in [-0.4, -0.2) is 53.5 Å². The molecule has 0 unspecified atom stereocenters. The third-order valence-electron chi connectivity index (χ3n) is 3.56. The topological polar surface area (TPSA) is 90.4 Å². The van der Waals surface area contributed by atoms with E-state index in [1.807, 2.05) is 12.1 Å². The van der Waals surface area contributed by atoms with Gasteiger partial charge in [-0.25, -0.2) is 0 Å². The van der Waals surface area contributed by atoms with Crippen molar-refractivity contribution in [1.29, 1.82) is 0 Å². The Morgan fingerprint density at radius 3 is 2.23 bits per heavy atom.